The average molecular weight is 209 g/mol. The van der Waals surface area contributed by atoms with Crippen LogP contribution in [-0.2, 0) is 0 Å². The third-order valence-corrected chi connectivity index (χ3v) is 3.86. The Morgan fingerprint density at radius 2 is 1.20 bits per heavy atom. The van der Waals surface area contributed by atoms with Gasteiger partial charge in [0.05, 0.1) is 0 Å². The molecule has 0 aliphatic rings. The summed E-state index contributed by atoms with van der Waals surface area (Å²) >= 11 is 0. The van der Waals surface area contributed by atoms with Crippen LogP contribution in [0, 0.1) is 10.8 Å². The first-order valence-electron chi connectivity index (χ1n) is 5.67. The Kier molecular flexibility index (Phi) is 4.33. The van der Waals surface area contributed by atoms with Crippen molar-refractivity contribution in [3.8, 4) is 0 Å². The molecule has 0 saturated carbocycles. The molecule has 0 aliphatic heterocycles. The molecule has 0 amide bonds. The summed E-state index contributed by atoms with van der Waals surface area (Å²) in [7, 11) is 1.87. The Labute approximate surface area is 95.7 Å². The van der Waals surface area contributed by atoms with Gasteiger partial charge in [-0.15, -0.1) is 0 Å². The molecule has 0 aromatic heterocycles. The van der Waals surface area contributed by atoms with Crippen LogP contribution >= 0.6 is 0 Å². The zero-order valence-corrected chi connectivity index (χ0v) is 11.9. The maximum absolute atomic E-state index is 4.33. The lowest BCUT2D eigenvalue weighted by Crippen LogP contribution is -2.26. The standard InChI is InChI=1S/C14H27N/c1-10(13(4,5)6)11(2)14(7,8)12(3)15-9/h1-9H3/b11-10-,15-12-. The maximum atomic E-state index is 4.33. The molecule has 0 radical (unpaired) electrons. The van der Waals surface area contributed by atoms with Gasteiger partial charge in [-0.3, -0.25) is 4.99 Å². The van der Waals surface area contributed by atoms with Gasteiger partial charge in [-0.05, 0) is 26.2 Å². The zero-order chi connectivity index (χ0) is 12.4. The highest BCUT2D eigenvalue weighted by Gasteiger charge is 2.28. The van der Waals surface area contributed by atoms with E-state index in [1.54, 1.807) is 0 Å². The van der Waals surface area contributed by atoms with Gasteiger partial charge < -0.3 is 0 Å². The lowest BCUT2D eigenvalue weighted by atomic mass is 9.73. The third-order valence-electron chi connectivity index (χ3n) is 3.86. The molecule has 0 fully saturated rings. The minimum absolute atomic E-state index is 0.0755. The fourth-order valence-corrected chi connectivity index (χ4v) is 1.58. The Hall–Kier alpha value is -0.590. The molecule has 0 heterocycles. The molecule has 88 valence electrons. The fourth-order valence-electron chi connectivity index (χ4n) is 1.58. The van der Waals surface area contributed by atoms with E-state index >= 15 is 0 Å². The summed E-state index contributed by atoms with van der Waals surface area (Å²) in [4.78, 5) is 4.33. The van der Waals surface area contributed by atoms with Crippen LogP contribution in [0.15, 0.2) is 16.1 Å². The van der Waals surface area contributed by atoms with Crippen molar-refractivity contribution in [1.82, 2.24) is 0 Å². The molecule has 15 heavy (non-hydrogen) atoms. The van der Waals surface area contributed by atoms with Gasteiger partial charge in [-0.25, -0.2) is 0 Å². The quantitative estimate of drug-likeness (QED) is 0.469. The third kappa shape index (κ3) is 3.19. The molecule has 0 unspecified atom stereocenters. The van der Waals surface area contributed by atoms with Crippen LogP contribution in [0.4, 0.5) is 0 Å². The predicted molar refractivity (Wildman–Crippen MR) is 70.6 cm³/mol. The second-order valence-electron chi connectivity index (χ2n) is 5.93. The van der Waals surface area contributed by atoms with Crippen LogP contribution in [-0.4, -0.2) is 12.8 Å². The number of hydrogen-bond acceptors (Lipinski definition) is 1. The molecule has 1 heteroatoms. The van der Waals surface area contributed by atoms with E-state index < -0.39 is 0 Å². The Balaban J connectivity index is 5.43. The monoisotopic (exact) mass is 209 g/mol. The van der Waals surface area contributed by atoms with Crippen molar-refractivity contribution in [2.24, 2.45) is 15.8 Å². The fraction of sp³-hybridized carbons (Fsp3) is 0.786. The van der Waals surface area contributed by atoms with Crippen LogP contribution in [0.25, 0.3) is 0 Å². The molecule has 0 aromatic carbocycles. The molecule has 0 spiro atoms. The smallest absolute Gasteiger partial charge is 0.0276 e. The van der Waals surface area contributed by atoms with Crippen LogP contribution in [0.5, 0.6) is 0 Å². The summed E-state index contributed by atoms with van der Waals surface area (Å²) in [6, 6.07) is 0. The second-order valence-corrected chi connectivity index (χ2v) is 5.93. The maximum Gasteiger partial charge on any atom is 0.0276 e. The van der Waals surface area contributed by atoms with Crippen molar-refractivity contribution < 1.29 is 0 Å². The van der Waals surface area contributed by atoms with Crippen molar-refractivity contribution in [2.45, 2.75) is 55.4 Å². The summed E-state index contributed by atoms with van der Waals surface area (Å²) in [5.41, 5.74) is 4.43. The van der Waals surface area contributed by atoms with Crippen LogP contribution < -0.4 is 0 Å². The molecule has 0 aromatic rings. The number of aliphatic imine (C=N–C) groups is 1. The summed E-state index contributed by atoms with van der Waals surface area (Å²) in [5, 5.41) is 0. The van der Waals surface area contributed by atoms with Gasteiger partial charge >= 0.3 is 0 Å². The number of rotatable bonds is 2. The van der Waals surface area contributed by atoms with Crippen LogP contribution in [0.1, 0.15) is 55.4 Å². The summed E-state index contributed by atoms with van der Waals surface area (Å²) in [5.74, 6) is 0. The molecule has 1 nitrogen and oxygen atoms in total. The molecular weight excluding hydrogens is 182 g/mol. The van der Waals surface area contributed by atoms with Gasteiger partial charge in [0, 0.05) is 18.2 Å². The van der Waals surface area contributed by atoms with Crippen molar-refractivity contribution in [1.29, 1.82) is 0 Å². The lowest BCUT2D eigenvalue weighted by molar-refractivity contribution is 0.477. The SMILES string of the molecule is C/N=C(/C)C(C)(C)/C(C)=C(/C)C(C)(C)C. The highest BCUT2D eigenvalue weighted by Crippen LogP contribution is 2.36. The topological polar surface area (TPSA) is 12.4 Å². The van der Waals surface area contributed by atoms with Crippen molar-refractivity contribution >= 4 is 5.71 Å². The molecule has 0 aliphatic carbocycles. The van der Waals surface area contributed by atoms with E-state index in [-0.39, 0.29) is 10.8 Å². The summed E-state index contributed by atoms with van der Waals surface area (Å²) in [6.07, 6.45) is 0. The molecule has 0 saturated heterocycles. The first kappa shape index (κ1) is 14.4. The Morgan fingerprint density at radius 3 is 1.47 bits per heavy atom. The summed E-state index contributed by atoms with van der Waals surface area (Å²) in [6.45, 7) is 17.9. The van der Waals surface area contributed by atoms with E-state index in [2.05, 4.69) is 60.4 Å². The highest BCUT2D eigenvalue weighted by molar-refractivity contribution is 5.90. The first-order valence-corrected chi connectivity index (χ1v) is 5.67. The molecule has 0 N–H and O–H groups in total. The van der Waals surface area contributed by atoms with Gasteiger partial charge in [-0.1, -0.05) is 45.8 Å². The largest absolute Gasteiger partial charge is 0.297 e. The van der Waals surface area contributed by atoms with E-state index in [9.17, 15) is 0 Å². The molecular formula is C14H27N. The minimum Gasteiger partial charge on any atom is -0.297 e. The van der Waals surface area contributed by atoms with Gasteiger partial charge in [0.1, 0.15) is 0 Å². The van der Waals surface area contributed by atoms with Gasteiger partial charge in [-0.2, -0.15) is 0 Å². The first-order chi connectivity index (χ1) is 6.55. The van der Waals surface area contributed by atoms with E-state index in [0.717, 1.165) is 0 Å². The van der Waals surface area contributed by atoms with Crippen LogP contribution in [0.2, 0.25) is 0 Å². The van der Waals surface area contributed by atoms with Gasteiger partial charge in [0.15, 0.2) is 0 Å². The van der Waals surface area contributed by atoms with E-state index in [4.69, 9.17) is 0 Å². The van der Waals surface area contributed by atoms with E-state index in [1.807, 2.05) is 7.05 Å². The number of hydrogen-bond donors (Lipinski definition) is 0. The predicted octanol–water partition coefficient (Wildman–Crippen LogP) is 4.49. The average Bonchev–Trinajstić information content (AvgIpc) is 2.12. The molecule has 0 atom stereocenters. The van der Waals surface area contributed by atoms with Crippen molar-refractivity contribution in [3.05, 3.63) is 11.1 Å². The summed E-state index contributed by atoms with van der Waals surface area (Å²) < 4.78 is 0. The second kappa shape index (κ2) is 4.51. The van der Waals surface area contributed by atoms with Crippen LogP contribution in [0.3, 0.4) is 0 Å². The lowest BCUT2D eigenvalue weighted by Gasteiger charge is -2.32. The molecule has 0 bridgehead atoms. The Bertz CT molecular complexity index is 285. The van der Waals surface area contributed by atoms with Crippen molar-refractivity contribution in [3.63, 3.8) is 0 Å². The van der Waals surface area contributed by atoms with Gasteiger partial charge in [0.25, 0.3) is 0 Å². The van der Waals surface area contributed by atoms with Gasteiger partial charge in [0.2, 0.25) is 0 Å². The Morgan fingerprint density at radius 1 is 0.800 bits per heavy atom. The van der Waals surface area contributed by atoms with E-state index in [1.165, 1.54) is 16.9 Å². The normalized spacial score (nSPS) is 16.5. The van der Waals surface area contributed by atoms with E-state index in [0.29, 0.717) is 0 Å². The molecule has 0 rings (SSSR count). The zero-order valence-electron chi connectivity index (χ0n) is 11.9. The highest BCUT2D eigenvalue weighted by atomic mass is 14.7. The number of allylic oxidation sites excluding steroid dienone is 2. The number of nitrogens with zero attached hydrogens (tertiary/aromatic N) is 1. The minimum atomic E-state index is 0.0755. The van der Waals surface area contributed by atoms with Crippen molar-refractivity contribution in [2.75, 3.05) is 7.05 Å².